The molecule has 9 unspecified atom stereocenters. The standard InChI is InChI=1S/C47H59N9O6/c1-9-36-26(6)18-38(55(36)44(57)40(24(2)3)53-46(59)61-7)42-48-22-34(51-42)28-12-10-27(11-13-28)29-14-16-32-30(19-29)15-17-33(50-32)35-23-49-43(52-35)39-21-31-20-37(31)56(39)45(58)41(25(4)5)54-47(60)62-8/h10-17,19,23-26,31,36-42,48H,9,18,20-22H2,1-8H3,(H,49,52)(H,53,59)(H,54,60). The van der Waals surface area contributed by atoms with Gasteiger partial charge in [-0.25, -0.2) is 19.6 Å². The largest absolute Gasteiger partial charge is 0.453 e. The number of hydrogen-bond donors (Lipinski definition) is 4. The lowest BCUT2D eigenvalue weighted by Gasteiger charge is -2.36. The summed E-state index contributed by atoms with van der Waals surface area (Å²) in [7, 11) is 2.61. The molecule has 5 heterocycles. The number of pyridine rings is 1. The van der Waals surface area contributed by atoms with E-state index in [9.17, 15) is 19.2 Å². The molecule has 62 heavy (non-hydrogen) atoms. The number of nitrogens with zero attached hydrogens (tertiary/aromatic N) is 5. The molecule has 2 saturated heterocycles. The Hall–Kier alpha value is -5.83. The molecule has 2 aromatic heterocycles. The van der Waals surface area contributed by atoms with Gasteiger partial charge < -0.3 is 34.9 Å². The summed E-state index contributed by atoms with van der Waals surface area (Å²) in [6, 6.07) is 17.2. The van der Waals surface area contributed by atoms with Crippen LogP contribution in [-0.4, -0.2) is 112 Å². The van der Waals surface area contributed by atoms with E-state index >= 15 is 0 Å². The first-order valence-electron chi connectivity index (χ1n) is 22.0. The second kappa shape index (κ2) is 17.5. The van der Waals surface area contributed by atoms with Crippen LogP contribution in [0.5, 0.6) is 0 Å². The number of piperidine rings is 1. The van der Waals surface area contributed by atoms with Crippen LogP contribution in [0.3, 0.4) is 0 Å². The molecule has 1 aliphatic carbocycles. The highest BCUT2D eigenvalue weighted by molar-refractivity contribution is 6.03. The van der Waals surface area contributed by atoms with Crippen LogP contribution in [0.25, 0.3) is 33.4 Å². The fourth-order valence-corrected chi connectivity index (χ4v) is 9.92. The second-order valence-corrected chi connectivity index (χ2v) is 18.0. The Morgan fingerprint density at radius 1 is 0.806 bits per heavy atom. The molecule has 4 aromatic rings. The molecule has 3 aliphatic heterocycles. The van der Waals surface area contributed by atoms with Crippen LogP contribution in [0, 0.1) is 23.7 Å². The number of carbonyl (C=O) groups excluding carboxylic acids is 4. The van der Waals surface area contributed by atoms with Gasteiger partial charge in [-0.05, 0) is 84.2 Å². The Bertz CT molecular complexity index is 2360. The Balaban J connectivity index is 0.952. The number of fused-ring (bicyclic) bond motifs is 2. The lowest BCUT2D eigenvalue weighted by Crippen LogP contribution is -2.57. The monoisotopic (exact) mass is 845 g/mol. The molecule has 328 valence electrons. The highest BCUT2D eigenvalue weighted by Crippen LogP contribution is 2.53. The van der Waals surface area contributed by atoms with Crippen LogP contribution in [0.1, 0.15) is 84.7 Å². The minimum Gasteiger partial charge on any atom is -0.453 e. The number of alkyl carbamates (subject to hydrolysis) is 2. The quantitative estimate of drug-likeness (QED) is 0.125. The second-order valence-electron chi connectivity index (χ2n) is 18.0. The Labute approximate surface area is 362 Å². The van der Waals surface area contributed by atoms with Gasteiger partial charge in [0.1, 0.15) is 24.1 Å². The Morgan fingerprint density at radius 3 is 2.10 bits per heavy atom. The zero-order valence-corrected chi connectivity index (χ0v) is 36.8. The summed E-state index contributed by atoms with van der Waals surface area (Å²) in [6.07, 6.45) is 3.73. The predicted octanol–water partition coefficient (Wildman–Crippen LogP) is 6.45. The maximum Gasteiger partial charge on any atom is 0.407 e. The van der Waals surface area contributed by atoms with Gasteiger partial charge in [0.05, 0.1) is 55.1 Å². The van der Waals surface area contributed by atoms with Crippen molar-refractivity contribution in [3.05, 3.63) is 72.2 Å². The lowest BCUT2D eigenvalue weighted by molar-refractivity contribution is -0.138. The summed E-state index contributed by atoms with van der Waals surface area (Å²) in [5, 5.41) is 10.1. The summed E-state index contributed by atoms with van der Waals surface area (Å²) in [6.45, 7) is 12.6. The van der Waals surface area contributed by atoms with E-state index in [-0.39, 0.29) is 54.0 Å². The molecule has 1 saturated carbocycles. The predicted molar refractivity (Wildman–Crippen MR) is 236 cm³/mol. The number of rotatable bonds is 12. The third kappa shape index (κ3) is 8.26. The Kier molecular flexibility index (Phi) is 12.1. The third-order valence-corrected chi connectivity index (χ3v) is 13.4. The lowest BCUT2D eigenvalue weighted by atomic mass is 9.98. The van der Waals surface area contributed by atoms with E-state index in [0.717, 1.165) is 76.2 Å². The van der Waals surface area contributed by atoms with Crippen molar-refractivity contribution in [1.82, 2.24) is 40.7 Å². The average Bonchev–Trinajstić information content (AvgIpc) is 3.73. The van der Waals surface area contributed by atoms with Gasteiger partial charge in [-0.15, -0.1) is 0 Å². The fraction of sp³-hybridized carbons (Fsp3) is 0.511. The van der Waals surface area contributed by atoms with E-state index in [1.165, 1.54) is 14.2 Å². The average molecular weight is 846 g/mol. The topological polar surface area (TPSA) is 183 Å². The molecule has 4 aliphatic rings. The highest BCUT2D eigenvalue weighted by atomic mass is 16.5. The van der Waals surface area contributed by atoms with Crippen molar-refractivity contribution in [2.75, 3.05) is 20.8 Å². The number of aromatic amines is 1. The summed E-state index contributed by atoms with van der Waals surface area (Å²) < 4.78 is 9.65. The maximum atomic E-state index is 14.1. The molecule has 2 aromatic carbocycles. The van der Waals surface area contributed by atoms with Gasteiger partial charge in [0.2, 0.25) is 11.8 Å². The number of aliphatic imine (C=N–C) groups is 1. The zero-order chi connectivity index (χ0) is 44.0. The van der Waals surface area contributed by atoms with Gasteiger partial charge in [-0.1, -0.05) is 77.9 Å². The molecular formula is C47H59N9O6. The van der Waals surface area contributed by atoms with Crippen LogP contribution >= 0.6 is 0 Å². The molecule has 0 spiro atoms. The van der Waals surface area contributed by atoms with Crippen molar-refractivity contribution in [1.29, 1.82) is 0 Å². The van der Waals surface area contributed by atoms with Gasteiger partial charge in [0, 0.05) is 24.0 Å². The van der Waals surface area contributed by atoms with Gasteiger partial charge in [0.25, 0.3) is 0 Å². The molecular weight excluding hydrogens is 787 g/mol. The third-order valence-electron chi connectivity index (χ3n) is 13.4. The van der Waals surface area contributed by atoms with Crippen molar-refractivity contribution >= 4 is 40.6 Å². The smallest absolute Gasteiger partial charge is 0.407 e. The van der Waals surface area contributed by atoms with Gasteiger partial charge in [0.15, 0.2) is 0 Å². The molecule has 9 atom stereocenters. The van der Waals surface area contributed by atoms with Gasteiger partial charge >= 0.3 is 12.2 Å². The van der Waals surface area contributed by atoms with Crippen LogP contribution < -0.4 is 16.0 Å². The first-order valence-corrected chi connectivity index (χ1v) is 22.0. The van der Waals surface area contributed by atoms with E-state index in [4.69, 9.17) is 24.4 Å². The van der Waals surface area contributed by atoms with E-state index in [2.05, 4.69) is 77.2 Å². The molecule has 0 radical (unpaired) electrons. The van der Waals surface area contributed by atoms with E-state index in [1.54, 1.807) is 6.20 Å². The van der Waals surface area contributed by atoms with Gasteiger partial charge in [-0.3, -0.25) is 19.9 Å². The van der Waals surface area contributed by atoms with Crippen LogP contribution in [0.2, 0.25) is 0 Å². The van der Waals surface area contributed by atoms with E-state index in [0.29, 0.717) is 18.4 Å². The number of nitrogens with one attached hydrogen (secondary N) is 4. The number of amides is 4. The number of aromatic nitrogens is 3. The molecule has 4 N–H and O–H groups in total. The summed E-state index contributed by atoms with van der Waals surface area (Å²) >= 11 is 0. The number of carbonyl (C=O) groups is 4. The van der Waals surface area contributed by atoms with Crippen LogP contribution in [0.15, 0.2) is 65.8 Å². The minimum absolute atomic E-state index is 0.0514. The van der Waals surface area contributed by atoms with Crippen molar-refractivity contribution in [2.45, 2.75) is 110 Å². The number of likely N-dealkylation sites (tertiary alicyclic amines) is 2. The summed E-state index contributed by atoms with van der Waals surface area (Å²) in [4.78, 5) is 74.4. The first-order chi connectivity index (χ1) is 29.8. The molecule has 3 fully saturated rings. The number of H-pyrrole nitrogens is 1. The summed E-state index contributed by atoms with van der Waals surface area (Å²) in [5.74, 6) is 1.02. The minimum atomic E-state index is -0.693. The highest BCUT2D eigenvalue weighted by Gasteiger charge is 2.56. The fourth-order valence-electron chi connectivity index (χ4n) is 9.92. The molecule has 0 bridgehead atoms. The van der Waals surface area contributed by atoms with Crippen LogP contribution in [-0.2, 0) is 19.1 Å². The zero-order valence-electron chi connectivity index (χ0n) is 36.8. The molecule has 15 heteroatoms. The number of ether oxygens (including phenoxy) is 2. The van der Waals surface area contributed by atoms with Crippen molar-refractivity contribution < 1.29 is 28.7 Å². The van der Waals surface area contributed by atoms with Crippen molar-refractivity contribution in [2.24, 2.45) is 28.7 Å². The van der Waals surface area contributed by atoms with Crippen molar-refractivity contribution in [3.8, 4) is 22.5 Å². The van der Waals surface area contributed by atoms with E-state index in [1.807, 2.05) is 49.6 Å². The number of hydrogen-bond acceptors (Lipinski definition) is 10. The number of imidazole rings is 1. The molecule has 4 amide bonds. The van der Waals surface area contributed by atoms with Crippen LogP contribution in [0.4, 0.5) is 9.59 Å². The Morgan fingerprint density at radius 2 is 1.45 bits per heavy atom. The first kappa shape index (κ1) is 42.8. The van der Waals surface area contributed by atoms with E-state index < -0.39 is 24.3 Å². The number of methoxy groups -OCH3 is 2. The molecule has 8 rings (SSSR count). The van der Waals surface area contributed by atoms with Gasteiger partial charge in [-0.2, -0.15) is 0 Å². The maximum absolute atomic E-state index is 14.1. The normalized spacial score (nSPS) is 25.1. The summed E-state index contributed by atoms with van der Waals surface area (Å²) in [5.41, 5.74) is 6.50. The number of benzene rings is 2. The molecule has 15 nitrogen and oxygen atoms in total. The SMILES string of the molecule is CCC1C(C)CC(C2N=C(c3ccc(-c4ccc5nc(-c6cnc(C7CC8CC8N7C(=O)C(NC(=O)OC)C(C)C)[nH]6)ccc5c4)cc3)CN2)N1C(=O)C(NC(=O)OC)C(C)C. The van der Waals surface area contributed by atoms with Crippen molar-refractivity contribution in [3.63, 3.8) is 0 Å².